The lowest BCUT2D eigenvalue weighted by molar-refractivity contribution is -0.138. The van der Waals surface area contributed by atoms with Crippen LogP contribution < -0.4 is 5.73 Å². The molecule has 122 valence electrons. The Morgan fingerprint density at radius 2 is 1.91 bits per heavy atom. The van der Waals surface area contributed by atoms with Crippen LogP contribution in [0.1, 0.15) is 44.6 Å². The molecule has 2 N–H and O–H groups in total. The molecule has 1 saturated carbocycles. The Bertz CT molecular complexity index is 499. The zero-order valence-electron chi connectivity index (χ0n) is 13.3. The number of carbonyl (C=O) groups is 1. The van der Waals surface area contributed by atoms with E-state index in [4.69, 9.17) is 5.73 Å². The molecule has 1 aliphatic carbocycles. The summed E-state index contributed by atoms with van der Waals surface area (Å²) >= 11 is 0. The lowest BCUT2D eigenvalue weighted by Gasteiger charge is -2.35. The Morgan fingerprint density at radius 3 is 2.45 bits per heavy atom. The summed E-state index contributed by atoms with van der Waals surface area (Å²) in [5.41, 5.74) is 6.74. The minimum absolute atomic E-state index is 0. The molecule has 4 heteroatoms. The maximum Gasteiger partial charge on any atom is 0.233 e. The van der Waals surface area contributed by atoms with E-state index in [0.717, 1.165) is 38.6 Å². The summed E-state index contributed by atoms with van der Waals surface area (Å²) in [6.07, 6.45) is 5.35. The van der Waals surface area contributed by atoms with Gasteiger partial charge in [0.1, 0.15) is 0 Å². The van der Waals surface area contributed by atoms with Crippen LogP contribution in [-0.2, 0) is 10.2 Å². The van der Waals surface area contributed by atoms with E-state index in [1.807, 2.05) is 6.07 Å². The van der Waals surface area contributed by atoms with E-state index >= 15 is 0 Å². The number of carbonyl (C=O) groups excluding carboxylic acids is 1. The number of nitrogens with zero attached hydrogens (tertiary/aromatic N) is 1. The summed E-state index contributed by atoms with van der Waals surface area (Å²) < 4.78 is 0. The van der Waals surface area contributed by atoms with Gasteiger partial charge >= 0.3 is 0 Å². The summed E-state index contributed by atoms with van der Waals surface area (Å²) in [5.74, 6) is 0.813. The molecule has 1 aliphatic heterocycles. The molecule has 2 unspecified atom stereocenters. The van der Waals surface area contributed by atoms with E-state index in [0.29, 0.717) is 24.4 Å². The Hall–Kier alpha value is -1.06. The van der Waals surface area contributed by atoms with Gasteiger partial charge in [-0.3, -0.25) is 4.79 Å². The highest BCUT2D eigenvalue weighted by molar-refractivity contribution is 5.89. The summed E-state index contributed by atoms with van der Waals surface area (Å²) in [6.45, 7) is 3.69. The second-order valence-corrected chi connectivity index (χ2v) is 6.80. The van der Waals surface area contributed by atoms with E-state index in [-0.39, 0.29) is 17.8 Å². The van der Waals surface area contributed by atoms with E-state index in [1.165, 1.54) is 5.56 Å². The summed E-state index contributed by atoms with van der Waals surface area (Å²) in [6, 6.07) is 10.7. The minimum Gasteiger partial charge on any atom is -0.339 e. The average molecular weight is 323 g/mol. The number of benzene rings is 1. The number of hydrogen-bond acceptors (Lipinski definition) is 2. The molecule has 0 radical (unpaired) electrons. The topological polar surface area (TPSA) is 46.3 Å². The monoisotopic (exact) mass is 322 g/mol. The van der Waals surface area contributed by atoms with Crippen molar-refractivity contribution in [3.05, 3.63) is 35.9 Å². The molecule has 1 aromatic rings. The van der Waals surface area contributed by atoms with Gasteiger partial charge in [-0.05, 0) is 44.2 Å². The average Bonchev–Trinajstić information content (AvgIpc) is 3.15. The van der Waals surface area contributed by atoms with Crippen molar-refractivity contribution < 1.29 is 4.79 Å². The molecule has 0 bridgehead atoms. The predicted molar refractivity (Wildman–Crippen MR) is 92.2 cm³/mol. The fourth-order valence-electron chi connectivity index (χ4n) is 4.23. The van der Waals surface area contributed by atoms with Gasteiger partial charge in [-0.25, -0.2) is 0 Å². The number of halogens is 1. The van der Waals surface area contributed by atoms with Crippen molar-refractivity contribution in [1.29, 1.82) is 0 Å². The van der Waals surface area contributed by atoms with Gasteiger partial charge in [0.2, 0.25) is 5.91 Å². The summed E-state index contributed by atoms with van der Waals surface area (Å²) in [5, 5.41) is 0. The van der Waals surface area contributed by atoms with Gasteiger partial charge in [-0.15, -0.1) is 12.4 Å². The van der Waals surface area contributed by atoms with Crippen LogP contribution in [0.15, 0.2) is 30.3 Å². The van der Waals surface area contributed by atoms with E-state index in [1.54, 1.807) is 0 Å². The van der Waals surface area contributed by atoms with Gasteiger partial charge in [0.25, 0.3) is 0 Å². The number of amides is 1. The number of likely N-dealkylation sites (tertiary alicyclic amines) is 1. The molecular formula is C18H27ClN2O. The third-order valence-electron chi connectivity index (χ3n) is 5.45. The van der Waals surface area contributed by atoms with Crippen molar-refractivity contribution in [2.24, 2.45) is 11.7 Å². The maximum atomic E-state index is 13.3. The molecule has 2 atom stereocenters. The smallest absolute Gasteiger partial charge is 0.233 e. The SMILES string of the molecule is CC1CC(CN)CN1C(=O)C1(c2ccccc2)CCCC1.Cl. The Kier molecular flexibility index (Phi) is 5.51. The lowest BCUT2D eigenvalue weighted by Crippen LogP contribution is -2.47. The van der Waals surface area contributed by atoms with Gasteiger partial charge in [0, 0.05) is 12.6 Å². The van der Waals surface area contributed by atoms with Gasteiger partial charge in [-0.2, -0.15) is 0 Å². The Labute approximate surface area is 139 Å². The van der Waals surface area contributed by atoms with Crippen LogP contribution in [0.5, 0.6) is 0 Å². The molecule has 3 nitrogen and oxygen atoms in total. The van der Waals surface area contributed by atoms with Crippen molar-refractivity contribution in [2.75, 3.05) is 13.1 Å². The largest absolute Gasteiger partial charge is 0.339 e. The second kappa shape index (κ2) is 7.01. The molecular weight excluding hydrogens is 296 g/mol. The molecule has 3 rings (SSSR count). The van der Waals surface area contributed by atoms with Gasteiger partial charge in [-0.1, -0.05) is 43.2 Å². The van der Waals surface area contributed by atoms with Crippen molar-refractivity contribution in [1.82, 2.24) is 4.90 Å². The van der Waals surface area contributed by atoms with E-state index < -0.39 is 0 Å². The molecule has 1 heterocycles. The first-order valence-corrected chi connectivity index (χ1v) is 8.24. The summed E-state index contributed by atoms with van der Waals surface area (Å²) in [7, 11) is 0. The number of hydrogen-bond donors (Lipinski definition) is 1. The van der Waals surface area contributed by atoms with E-state index in [2.05, 4.69) is 36.1 Å². The number of rotatable bonds is 3. The fraction of sp³-hybridized carbons (Fsp3) is 0.611. The first-order chi connectivity index (χ1) is 10.2. The quantitative estimate of drug-likeness (QED) is 0.929. The first-order valence-electron chi connectivity index (χ1n) is 8.24. The lowest BCUT2D eigenvalue weighted by atomic mass is 9.77. The number of nitrogens with two attached hydrogens (primary N) is 1. The van der Waals surface area contributed by atoms with Gasteiger partial charge in [0.15, 0.2) is 0 Å². The van der Waals surface area contributed by atoms with Crippen molar-refractivity contribution in [2.45, 2.75) is 50.5 Å². The fourth-order valence-corrected chi connectivity index (χ4v) is 4.23. The van der Waals surface area contributed by atoms with Crippen LogP contribution in [0.25, 0.3) is 0 Å². The maximum absolute atomic E-state index is 13.3. The third kappa shape index (κ3) is 2.89. The van der Waals surface area contributed by atoms with Crippen molar-refractivity contribution in [3.63, 3.8) is 0 Å². The molecule has 2 fully saturated rings. The van der Waals surface area contributed by atoms with Crippen molar-refractivity contribution in [3.8, 4) is 0 Å². The third-order valence-corrected chi connectivity index (χ3v) is 5.45. The van der Waals surface area contributed by atoms with Crippen LogP contribution in [0.4, 0.5) is 0 Å². The van der Waals surface area contributed by atoms with Crippen LogP contribution in [0.2, 0.25) is 0 Å². The van der Waals surface area contributed by atoms with Crippen molar-refractivity contribution >= 4 is 18.3 Å². The minimum atomic E-state index is -0.279. The molecule has 1 saturated heterocycles. The molecule has 22 heavy (non-hydrogen) atoms. The van der Waals surface area contributed by atoms with Crippen LogP contribution in [-0.4, -0.2) is 29.9 Å². The van der Waals surface area contributed by atoms with Crippen LogP contribution >= 0.6 is 12.4 Å². The normalized spacial score (nSPS) is 26.7. The molecule has 1 aromatic carbocycles. The Morgan fingerprint density at radius 1 is 1.27 bits per heavy atom. The molecule has 0 aromatic heterocycles. The predicted octanol–water partition coefficient (Wildman–Crippen LogP) is 3.12. The highest BCUT2D eigenvalue weighted by atomic mass is 35.5. The highest BCUT2D eigenvalue weighted by Crippen LogP contribution is 2.44. The zero-order valence-corrected chi connectivity index (χ0v) is 14.1. The van der Waals surface area contributed by atoms with Crippen LogP contribution in [0, 0.1) is 5.92 Å². The van der Waals surface area contributed by atoms with Gasteiger partial charge in [0.05, 0.1) is 5.41 Å². The zero-order chi connectivity index (χ0) is 14.9. The second-order valence-electron chi connectivity index (χ2n) is 6.80. The summed E-state index contributed by atoms with van der Waals surface area (Å²) in [4.78, 5) is 15.4. The first kappa shape index (κ1) is 17.3. The molecule has 0 spiro atoms. The Balaban J connectivity index is 0.00000176. The van der Waals surface area contributed by atoms with E-state index in [9.17, 15) is 4.79 Å². The molecule has 2 aliphatic rings. The van der Waals surface area contributed by atoms with Gasteiger partial charge < -0.3 is 10.6 Å². The highest BCUT2D eigenvalue weighted by Gasteiger charge is 2.47. The standard InChI is InChI=1S/C18H26N2O.ClH/c1-14-11-15(12-19)13-20(14)17(21)18(9-5-6-10-18)16-7-3-2-4-8-16;/h2-4,7-8,14-15H,5-6,9-13,19H2,1H3;1H. The van der Waals surface area contributed by atoms with Crippen LogP contribution in [0.3, 0.4) is 0 Å². The molecule has 1 amide bonds.